The van der Waals surface area contributed by atoms with Crippen LogP contribution in [0, 0.1) is 0 Å². The Kier molecular flexibility index (Phi) is 10.2. The first-order valence-electron chi connectivity index (χ1n) is 14.3. The lowest BCUT2D eigenvalue weighted by Crippen LogP contribution is -2.50. The molecule has 4 aromatic rings. The van der Waals surface area contributed by atoms with Crippen LogP contribution in [0.5, 0.6) is 0 Å². The summed E-state index contributed by atoms with van der Waals surface area (Å²) < 4.78 is 29.9. The van der Waals surface area contributed by atoms with Gasteiger partial charge in [0.05, 0.1) is 5.54 Å². The second kappa shape index (κ2) is 13.8. The van der Waals surface area contributed by atoms with Crippen molar-refractivity contribution in [2.75, 3.05) is 6.26 Å². The largest absolute Gasteiger partial charge is 0.444 e. The second-order valence-electron chi connectivity index (χ2n) is 11.6. The Bertz CT molecular complexity index is 1500. The highest BCUT2D eigenvalue weighted by Crippen LogP contribution is 2.37. The molecule has 0 saturated heterocycles. The van der Waals surface area contributed by atoms with E-state index in [1.165, 1.54) is 11.7 Å². The van der Waals surface area contributed by atoms with Gasteiger partial charge in [-0.15, -0.1) is 0 Å². The van der Waals surface area contributed by atoms with Gasteiger partial charge in [0.1, 0.15) is 5.60 Å². The molecule has 43 heavy (non-hydrogen) atoms. The first-order valence-corrected chi connectivity index (χ1v) is 16.3. The zero-order chi connectivity index (χ0) is 30.9. The molecule has 1 amide bonds. The molecule has 1 atom stereocenters. The smallest absolute Gasteiger partial charge is 0.407 e. The van der Waals surface area contributed by atoms with Gasteiger partial charge in [-0.1, -0.05) is 121 Å². The number of nitrogens with one attached hydrogen (secondary N) is 2. The molecule has 6 nitrogen and oxygen atoms in total. The van der Waals surface area contributed by atoms with Crippen LogP contribution in [0.4, 0.5) is 4.79 Å². The molecule has 224 valence electrons. The second-order valence-corrected chi connectivity index (χ2v) is 13.6. The Labute approximate surface area is 255 Å². The molecular formula is C36H40N2O4S. The first-order chi connectivity index (χ1) is 20.4. The molecule has 7 heteroatoms. The molecule has 4 aromatic carbocycles. The van der Waals surface area contributed by atoms with Gasteiger partial charge >= 0.3 is 6.09 Å². The number of hydrogen-bond acceptors (Lipinski definition) is 5. The molecule has 0 aromatic heterocycles. The number of amides is 1. The average molecular weight is 597 g/mol. The summed E-state index contributed by atoms with van der Waals surface area (Å²) in [4.78, 5) is 12.1. The van der Waals surface area contributed by atoms with Crippen molar-refractivity contribution in [3.63, 3.8) is 0 Å². The zero-order valence-corrected chi connectivity index (χ0v) is 26.0. The third kappa shape index (κ3) is 9.14. The molecule has 0 fully saturated rings. The van der Waals surface area contributed by atoms with E-state index in [0.717, 1.165) is 27.8 Å². The van der Waals surface area contributed by atoms with Crippen molar-refractivity contribution >= 4 is 15.9 Å². The normalized spacial score (nSPS) is 13.0. The number of ether oxygens (including phenoxy) is 1. The molecular weight excluding hydrogens is 556 g/mol. The Balaban J connectivity index is 1.70. The van der Waals surface area contributed by atoms with E-state index >= 15 is 0 Å². The lowest BCUT2D eigenvalue weighted by atomic mass is 9.76. The van der Waals surface area contributed by atoms with Gasteiger partial charge < -0.3 is 10.1 Å². The third-order valence-corrected chi connectivity index (χ3v) is 7.55. The van der Waals surface area contributed by atoms with Gasteiger partial charge in [0, 0.05) is 24.3 Å². The summed E-state index contributed by atoms with van der Waals surface area (Å²) in [7, 11) is -3.37. The number of hydrogen-bond donors (Lipinski definition) is 2. The van der Waals surface area contributed by atoms with Gasteiger partial charge in [-0.3, -0.25) is 5.32 Å². The van der Waals surface area contributed by atoms with E-state index in [1.54, 1.807) is 6.08 Å². The van der Waals surface area contributed by atoms with Gasteiger partial charge in [-0.2, -0.15) is 0 Å². The van der Waals surface area contributed by atoms with Crippen molar-refractivity contribution in [1.29, 1.82) is 0 Å². The summed E-state index contributed by atoms with van der Waals surface area (Å²) in [6, 6.07) is 38.2. The van der Waals surface area contributed by atoms with Crippen LogP contribution < -0.4 is 10.6 Å². The minimum atomic E-state index is -3.37. The quantitative estimate of drug-likeness (QED) is 0.187. The average Bonchev–Trinajstić information content (AvgIpc) is 2.98. The number of sulfone groups is 1. The van der Waals surface area contributed by atoms with E-state index in [2.05, 4.69) is 47.0 Å². The van der Waals surface area contributed by atoms with Crippen LogP contribution in [-0.4, -0.2) is 32.4 Å². The number of benzene rings is 4. The Morgan fingerprint density at radius 1 is 0.744 bits per heavy atom. The lowest BCUT2D eigenvalue weighted by Gasteiger charge is -2.39. The van der Waals surface area contributed by atoms with Crippen molar-refractivity contribution in [3.05, 3.63) is 155 Å². The fraction of sp³-hybridized carbons (Fsp3) is 0.250. The topological polar surface area (TPSA) is 84.5 Å². The van der Waals surface area contributed by atoms with Crippen LogP contribution in [0.1, 0.15) is 48.6 Å². The molecule has 0 saturated carbocycles. The fourth-order valence-electron chi connectivity index (χ4n) is 5.03. The number of rotatable bonds is 11. The Morgan fingerprint density at radius 2 is 1.19 bits per heavy atom. The van der Waals surface area contributed by atoms with Crippen LogP contribution in [0.25, 0.3) is 0 Å². The maximum absolute atomic E-state index is 12.3. The predicted octanol–water partition coefficient (Wildman–Crippen LogP) is 6.76. The Hall–Kier alpha value is -4.20. The molecule has 0 spiro atoms. The maximum Gasteiger partial charge on any atom is 0.407 e. The van der Waals surface area contributed by atoms with Crippen molar-refractivity contribution in [3.8, 4) is 0 Å². The van der Waals surface area contributed by atoms with E-state index in [0.29, 0.717) is 13.0 Å². The molecule has 2 N–H and O–H groups in total. The van der Waals surface area contributed by atoms with Crippen LogP contribution in [0.3, 0.4) is 0 Å². The van der Waals surface area contributed by atoms with Crippen molar-refractivity contribution < 1.29 is 17.9 Å². The Morgan fingerprint density at radius 3 is 1.60 bits per heavy atom. The molecule has 4 rings (SSSR count). The van der Waals surface area contributed by atoms with Gasteiger partial charge in [-0.25, -0.2) is 13.2 Å². The van der Waals surface area contributed by atoms with E-state index in [4.69, 9.17) is 4.74 Å². The van der Waals surface area contributed by atoms with Gasteiger partial charge in [0.25, 0.3) is 0 Å². The summed E-state index contributed by atoms with van der Waals surface area (Å²) >= 11 is 0. The standard InChI is InChI=1S/C36H40N2O4S/c1-35(2,3)42-34(39)37-27-29-22-20-28(21-23-29)26-33(24-25-43(4,40)41)38-36(30-14-8-5-9-15-30,31-16-10-6-11-17-31)32-18-12-7-13-19-32/h5-25,33,38H,26-27H2,1-4H3,(H,37,39)/b25-24+. The summed E-state index contributed by atoms with van der Waals surface area (Å²) in [6.07, 6.45) is 2.99. The van der Waals surface area contributed by atoms with Crippen LogP contribution in [0.2, 0.25) is 0 Å². The van der Waals surface area contributed by atoms with Crippen molar-refractivity contribution in [1.82, 2.24) is 10.6 Å². The minimum Gasteiger partial charge on any atom is -0.444 e. The highest BCUT2D eigenvalue weighted by molar-refractivity contribution is 7.93. The predicted molar refractivity (Wildman–Crippen MR) is 173 cm³/mol. The van der Waals surface area contributed by atoms with E-state index in [9.17, 15) is 13.2 Å². The molecule has 0 bridgehead atoms. The summed E-state index contributed by atoms with van der Waals surface area (Å²) in [5, 5.41) is 7.95. The summed E-state index contributed by atoms with van der Waals surface area (Å²) in [5.74, 6) is 0. The SMILES string of the molecule is CC(C)(C)OC(=O)NCc1ccc(CC(/C=C/S(C)(=O)=O)NC(c2ccccc2)(c2ccccc2)c2ccccc2)cc1. The molecule has 1 unspecified atom stereocenters. The zero-order valence-electron chi connectivity index (χ0n) is 25.2. The highest BCUT2D eigenvalue weighted by Gasteiger charge is 2.37. The number of carbonyl (C=O) groups excluding carboxylic acids is 1. The maximum atomic E-state index is 12.3. The summed E-state index contributed by atoms with van der Waals surface area (Å²) in [5.41, 5.74) is 3.71. The van der Waals surface area contributed by atoms with Gasteiger partial charge in [0.15, 0.2) is 9.84 Å². The highest BCUT2D eigenvalue weighted by atomic mass is 32.2. The first kappa shape index (κ1) is 31.7. The lowest BCUT2D eigenvalue weighted by molar-refractivity contribution is 0.0523. The third-order valence-electron chi connectivity index (χ3n) is 6.89. The molecule has 0 aliphatic rings. The van der Waals surface area contributed by atoms with Crippen LogP contribution >= 0.6 is 0 Å². The number of alkyl carbamates (subject to hydrolysis) is 1. The fourth-order valence-corrected chi connectivity index (χ4v) is 5.51. The summed E-state index contributed by atoms with van der Waals surface area (Å²) in [6.45, 7) is 5.81. The van der Waals surface area contributed by atoms with Crippen LogP contribution in [0.15, 0.2) is 127 Å². The van der Waals surface area contributed by atoms with Crippen molar-refractivity contribution in [2.24, 2.45) is 0 Å². The monoisotopic (exact) mass is 596 g/mol. The minimum absolute atomic E-state index is 0.337. The van der Waals surface area contributed by atoms with E-state index in [-0.39, 0.29) is 6.04 Å². The number of carbonyl (C=O) groups is 1. The van der Waals surface area contributed by atoms with E-state index in [1.807, 2.05) is 99.6 Å². The molecule has 0 radical (unpaired) electrons. The van der Waals surface area contributed by atoms with Crippen molar-refractivity contribution in [2.45, 2.75) is 50.9 Å². The molecule has 0 aliphatic heterocycles. The van der Waals surface area contributed by atoms with Crippen LogP contribution in [-0.2, 0) is 33.1 Å². The van der Waals surface area contributed by atoms with Gasteiger partial charge in [0.2, 0.25) is 0 Å². The molecule has 0 aliphatic carbocycles. The van der Waals surface area contributed by atoms with Gasteiger partial charge in [-0.05, 0) is 55.0 Å². The molecule has 0 heterocycles. The van der Waals surface area contributed by atoms with E-state index < -0.39 is 27.1 Å².